The molecule has 0 saturated carbocycles. The van der Waals surface area contributed by atoms with Crippen LogP contribution in [0.25, 0.3) is 10.8 Å². The van der Waals surface area contributed by atoms with Gasteiger partial charge in [0.15, 0.2) is 5.75 Å². The van der Waals surface area contributed by atoms with Gasteiger partial charge in [-0.3, -0.25) is 9.11 Å². The molecule has 0 atom stereocenters. The van der Waals surface area contributed by atoms with E-state index >= 15 is 0 Å². The highest BCUT2D eigenvalue weighted by Crippen LogP contribution is 2.42. The summed E-state index contributed by atoms with van der Waals surface area (Å²) in [6.45, 7) is 0. The third-order valence-corrected chi connectivity index (χ3v) is 6.67. The normalized spacial score (nSPS) is 12.3. The Balaban J connectivity index is 1.84. The molecule has 0 aliphatic heterocycles. The van der Waals surface area contributed by atoms with Crippen LogP contribution in [0.2, 0.25) is 10.6 Å². The fourth-order valence-electron chi connectivity index (χ4n) is 3.10. The van der Waals surface area contributed by atoms with Crippen molar-refractivity contribution >= 4 is 77.2 Å². The minimum atomic E-state index is -4.94. The lowest BCUT2D eigenvalue weighted by Gasteiger charge is -2.11. The highest BCUT2D eigenvalue weighted by Gasteiger charge is 2.23. The Morgan fingerprint density at radius 2 is 1.44 bits per heavy atom. The maximum atomic E-state index is 12.1. The molecule has 0 aliphatic rings. The number of nitrogens with zero attached hydrogens (tertiary/aromatic N) is 5. The number of phenols is 1. The molecule has 0 bridgehead atoms. The first kappa shape index (κ1) is 25.6. The van der Waals surface area contributed by atoms with Gasteiger partial charge >= 0.3 is 0 Å². The van der Waals surface area contributed by atoms with E-state index < -0.39 is 41.5 Å². The molecule has 0 spiro atoms. The predicted molar refractivity (Wildman–Crippen MR) is 129 cm³/mol. The van der Waals surface area contributed by atoms with Crippen LogP contribution in [-0.2, 0) is 20.2 Å². The molecule has 4 aromatic rings. The van der Waals surface area contributed by atoms with Crippen molar-refractivity contribution in [2.75, 3.05) is 5.32 Å². The summed E-state index contributed by atoms with van der Waals surface area (Å²) in [6.07, 6.45) is 0. The number of aromatic hydroxyl groups is 1. The van der Waals surface area contributed by atoms with Crippen LogP contribution < -0.4 is 5.32 Å². The van der Waals surface area contributed by atoms with Crippen LogP contribution in [0.15, 0.2) is 68.6 Å². The monoisotopic (exact) mass is 570 g/mol. The molecule has 3 aromatic carbocycles. The van der Waals surface area contributed by atoms with Gasteiger partial charge in [-0.2, -0.15) is 31.8 Å². The van der Waals surface area contributed by atoms with Crippen LogP contribution >= 0.6 is 23.2 Å². The van der Waals surface area contributed by atoms with Gasteiger partial charge in [0.2, 0.25) is 16.5 Å². The van der Waals surface area contributed by atoms with E-state index in [2.05, 4.69) is 30.5 Å². The van der Waals surface area contributed by atoms with Gasteiger partial charge in [0.25, 0.3) is 20.2 Å². The Bertz CT molecular complexity index is 1750. The van der Waals surface area contributed by atoms with Gasteiger partial charge in [-0.15, -0.1) is 10.2 Å². The number of hydrogen-bond donors (Lipinski definition) is 4. The van der Waals surface area contributed by atoms with E-state index in [1.807, 2.05) is 0 Å². The van der Waals surface area contributed by atoms with Crippen molar-refractivity contribution in [3.8, 4) is 5.75 Å². The van der Waals surface area contributed by atoms with Gasteiger partial charge in [-0.1, -0.05) is 12.1 Å². The first-order valence-electron chi connectivity index (χ1n) is 9.42. The van der Waals surface area contributed by atoms with Crippen molar-refractivity contribution in [3.05, 3.63) is 59.1 Å². The Labute approximate surface area is 213 Å². The second-order valence-corrected chi connectivity index (χ2v) is 10.4. The van der Waals surface area contributed by atoms with Crippen molar-refractivity contribution in [2.45, 2.75) is 9.79 Å². The van der Waals surface area contributed by atoms with Gasteiger partial charge in [0.05, 0.1) is 0 Å². The Morgan fingerprint density at radius 3 is 2.08 bits per heavy atom. The van der Waals surface area contributed by atoms with E-state index in [-0.39, 0.29) is 33.0 Å². The molecule has 1 aromatic heterocycles. The van der Waals surface area contributed by atoms with Gasteiger partial charge in [-0.05, 0) is 65.0 Å². The van der Waals surface area contributed by atoms with E-state index in [1.54, 1.807) is 0 Å². The molecule has 36 heavy (non-hydrogen) atoms. The maximum Gasteiger partial charge on any atom is 0.296 e. The summed E-state index contributed by atoms with van der Waals surface area (Å²) in [5.74, 6) is -0.687. The van der Waals surface area contributed by atoms with E-state index in [4.69, 9.17) is 23.2 Å². The second kappa shape index (κ2) is 9.53. The third kappa shape index (κ3) is 5.51. The number of azo groups is 1. The minimum Gasteiger partial charge on any atom is -0.505 e. The summed E-state index contributed by atoms with van der Waals surface area (Å²) in [6, 6.07) is 10.3. The Kier molecular flexibility index (Phi) is 6.78. The largest absolute Gasteiger partial charge is 0.505 e. The molecule has 0 saturated heterocycles. The lowest BCUT2D eigenvalue weighted by Crippen LogP contribution is -2.01. The number of rotatable bonds is 6. The standard InChI is InChI=1S/C19H12Cl2N6O7S2/c20-17-23-18(21)25-19(24-17)22-10-5-6-11-9(7-10)8-14(36(32,33)34)15(16(11)28)27-26-12-3-1-2-4-13(12)35(29,30)31/h1-8,28H,(H,29,30,31)(H,32,33,34)(H,22,23,24,25)/b27-26+. The number of anilines is 2. The number of phenolic OH excluding ortho intramolecular Hbond substituents is 1. The number of nitrogens with one attached hydrogen (secondary N) is 1. The predicted octanol–water partition coefficient (Wildman–Crippen LogP) is 4.69. The van der Waals surface area contributed by atoms with Crippen LogP contribution in [0.5, 0.6) is 5.75 Å². The molecule has 13 nitrogen and oxygen atoms in total. The molecule has 4 N–H and O–H groups in total. The Hall–Kier alpha value is -3.47. The number of aromatic nitrogens is 3. The van der Waals surface area contributed by atoms with Crippen molar-refractivity contribution < 1.29 is 31.0 Å². The smallest absolute Gasteiger partial charge is 0.296 e. The topological polar surface area (TPSA) is 204 Å². The number of halogens is 2. The van der Waals surface area contributed by atoms with E-state index in [9.17, 15) is 31.0 Å². The average molecular weight is 571 g/mol. The molecule has 0 fully saturated rings. The first-order chi connectivity index (χ1) is 16.8. The molecule has 17 heteroatoms. The number of benzene rings is 3. The van der Waals surface area contributed by atoms with Crippen molar-refractivity contribution in [1.29, 1.82) is 0 Å². The van der Waals surface area contributed by atoms with Crippen LogP contribution in [0.1, 0.15) is 0 Å². The maximum absolute atomic E-state index is 12.1. The third-order valence-electron chi connectivity index (χ3n) is 4.57. The number of hydrogen-bond acceptors (Lipinski definition) is 11. The van der Waals surface area contributed by atoms with Crippen LogP contribution in [0.4, 0.5) is 23.0 Å². The van der Waals surface area contributed by atoms with Crippen molar-refractivity contribution in [3.63, 3.8) is 0 Å². The zero-order valence-electron chi connectivity index (χ0n) is 17.4. The molecule has 4 rings (SSSR count). The summed E-state index contributed by atoms with van der Waals surface area (Å²) < 4.78 is 66.4. The molecular formula is C19H12Cl2N6O7S2. The quantitative estimate of drug-likeness (QED) is 0.185. The number of fused-ring (bicyclic) bond motifs is 1. The lowest BCUT2D eigenvalue weighted by molar-refractivity contribution is 0.472. The zero-order valence-corrected chi connectivity index (χ0v) is 20.5. The minimum absolute atomic E-state index is 0.0125. The summed E-state index contributed by atoms with van der Waals surface area (Å²) in [5.41, 5.74) is -0.667. The zero-order chi connectivity index (χ0) is 26.3. The van der Waals surface area contributed by atoms with Gasteiger partial charge in [0.1, 0.15) is 21.2 Å². The summed E-state index contributed by atoms with van der Waals surface area (Å²) in [7, 11) is -9.62. The summed E-state index contributed by atoms with van der Waals surface area (Å²) in [5, 5.41) is 20.8. The summed E-state index contributed by atoms with van der Waals surface area (Å²) >= 11 is 11.5. The average Bonchev–Trinajstić information content (AvgIpc) is 2.76. The molecule has 1 heterocycles. The van der Waals surface area contributed by atoms with Crippen molar-refractivity contribution in [1.82, 2.24) is 15.0 Å². The van der Waals surface area contributed by atoms with Gasteiger partial charge in [-0.25, -0.2) is 0 Å². The van der Waals surface area contributed by atoms with Gasteiger partial charge < -0.3 is 10.4 Å². The SMILES string of the molecule is O=S(=O)(O)c1ccccc1/N=N/c1c(S(=O)(=O)O)cc2cc(Nc3nc(Cl)nc(Cl)n3)ccc2c1O. The second-order valence-electron chi connectivity index (χ2n) is 6.95. The van der Waals surface area contributed by atoms with Crippen LogP contribution in [-0.4, -0.2) is 46.0 Å². The fraction of sp³-hybridized carbons (Fsp3) is 0. The molecule has 0 amide bonds. The molecule has 186 valence electrons. The fourth-order valence-corrected chi connectivity index (χ4v) is 4.74. The summed E-state index contributed by atoms with van der Waals surface area (Å²) in [4.78, 5) is 9.90. The first-order valence-corrected chi connectivity index (χ1v) is 13.1. The van der Waals surface area contributed by atoms with Crippen LogP contribution in [0, 0.1) is 0 Å². The van der Waals surface area contributed by atoms with Crippen molar-refractivity contribution in [2.24, 2.45) is 10.2 Å². The van der Waals surface area contributed by atoms with Gasteiger partial charge in [0, 0.05) is 11.1 Å². The molecule has 0 unspecified atom stereocenters. The highest BCUT2D eigenvalue weighted by molar-refractivity contribution is 7.86. The molecule has 0 aliphatic carbocycles. The molecular weight excluding hydrogens is 559 g/mol. The highest BCUT2D eigenvalue weighted by atomic mass is 35.5. The van der Waals surface area contributed by atoms with E-state index in [1.165, 1.54) is 36.4 Å². The van der Waals surface area contributed by atoms with E-state index in [0.717, 1.165) is 12.1 Å². The van der Waals surface area contributed by atoms with E-state index in [0.29, 0.717) is 5.69 Å². The molecule has 0 radical (unpaired) electrons. The van der Waals surface area contributed by atoms with Crippen LogP contribution in [0.3, 0.4) is 0 Å². The lowest BCUT2D eigenvalue weighted by atomic mass is 10.1. The Morgan fingerprint density at radius 1 is 0.806 bits per heavy atom.